The third-order valence-corrected chi connectivity index (χ3v) is 3.66. The van der Waals surface area contributed by atoms with Crippen molar-refractivity contribution in [1.29, 1.82) is 0 Å². The van der Waals surface area contributed by atoms with Crippen LogP contribution in [0.2, 0.25) is 5.02 Å². The summed E-state index contributed by atoms with van der Waals surface area (Å²) in [6.07, 6.45) is 2.06. The van der Waals surface area contributed by atoms with Crippen LogP contribution in [0.15, 0.2) is 48.5 Å². The molecule has 0 bridgehead atoms. The van der Waals surface area contributed by atoms with E-state index in [2.05, 4.69) is 17.6 Å². The molecule has 0 aromatic heterocycles. The van der Waals surface area contributed by atoms with Gasteiger partial charge in [0.1, 0.15) is 5.75 Å². The van der Waals surface area contributed by atoms with Crippen LogP contribution in [0.4, 0.5) is 5.69 Å². The second-order valence-electron chi connectivity index (χ2n) is 5.49. The van der Waals surface area contributed by atoms with Crippen molar-refractivity contribution in [2.24, 2.45) is 0 Å². The van der Waals surface area contributed by atoms with Crippen molar-refractivity contribution in [3.63, 3.8) is 0 Å². The van der Waals surface area contributed by atoms with E-state index in [4.69, 9.17) is 16.3 Å². The highest BCUT2D eigenvalue weighted by Gasteiger charge is 2.13. The van der Waals surface area contributed by atoms with Gasteiger partial charge in [-0.25, -0.2) is 0 Å². The first-order valence-electron chi connectivity index (χ1n) is 8.15. The summed E-state index contributed by atoms with van der Waals surface area (Å²) < 4.78 is 5.55. The lowest BCUT2D eigenvalue weighted by atomic mass is 10.2. The molecule has 0 aliphatic heterocycles. The minimum atomic E-state index is -0.721. The Morgan fingerprint density at radius 1 is 1.08 bits per heavy atom. The number of anilines is 1. The maximum Gasteiger partial charge on any atom is 0.313 e. The molecule has 0 aliphatic carbocycles. The number of unbranched alkanes of at least 4 members (excludes halogenated alkanes) is 1. The first kappa shape index (κ1) is 18.8. The molecule has 2 aromatic rings. The summed E-state index contributed by atoms with van der Waals surface area (Å²) in [6, 6.07) is 14.0. The summed E-state index contributed by atoms with van der Waals surface area (Å²) in [7, 11) is 0. The van der Waals surface area contributed by atoms with Crippen LogP contribution < -0.4 is 15.4 Å². The molecule has 2 N–H and O–H groups in total. The van der Waals surface area contributed by atoms with Gasteiger partial charge in [-0.1, -0.05) is 37.1 Å². The summed E-state index contributed by atoms with van der Waals surface area (Å²) in [4.78, 5) is 23.8. The smallest absolute Gasteiger partial charge is 0.313 e. The van der Waals surface area contributed by atoms with Gasteiger partial charge in [0, 0.05) is 17.3 Å². The Labute approximate surface area is 152 Å². The number of nitrogens with one attached hydrogen (secondary N) is 2. The molecule has 0 saturated heterocycles. The molecule has 0 unspecified atom stereocenters. The zero-order chi connectivity index (χ0) is 18.1. The molecule has 5 nitrogen and oxygen atoms in total. The number of rotatable bonds is 7. The van der Waals surface area contributed by atoms with Crippen molar-refractivity contribution >= 4 is 29.1 Å². The fourth-order valence-corrected chi connectivity index (χ4v) is 2.28. The van der Waals surface area contributed by atoms with E-state index in [0.717, 1.165) is 24.2 Å². The molecule has 0 saturated carbocycles. The van der Waals surface area contributed by atoms with Gasteiger partial charge in [0.25, 0.3) is 0 Å². The molecular formula is C19H21ClN2O3. The maximum absolute atomic E-state index is 11.9. The fraction of sp³-hybridized carbons (Fsp3) is 0.263. The van der Waals surface area contributed by atoms with Crippen LogP contribution in [0.1, 0.15) is 25.3 Å². The van der Waals surface area contributed by atoms with E-state index < -0.39 is 11.8 Å². The topological polar surface area (TPSA) is 67.4 Å². The molecule has 0 aliphatic rings. The maximum atomic E-state index is 11.9. The molecule has 25 heavy (non-hydrogen) atoms. The molecule has 0 radical (unpaired) electrons. The third-order valence-electron chi connectivity index (χ3n) is 3.43. The molecule has 2 amide bonds. The molecule has 0 atom stereocenters. The van der Waals surface area contributed by atoms with E-state index in [0.29, 0.717) is 17.3 Å². The highest BCUT2D eigenvalue weighted by Crippen LogP contribution is 2.16. The van der Waals surface area contributed by atoms with Gasteiger partial charge in [-0.15, -0.1) is 0 Å². The molecule has 6 heteroatoms. The van der Waals surface area contributed by atoms with E-state index in [1.54, 1.807) is 42.5 Å². The highest BCUT2D eigenvalue weighted by atomic mass is 35.5. The molecular weight excluding hydrogens is 340 g/mol. The Bertz CT molecular complexity index is 717. The summed E-state index contributed by atoms with van der Waals surface area (Å²) in [5, 5.41) is 5.69. The van der Waals surface area contributed by atoms with Crippen molar-refractivity contribution in [1.82, 2.24) is 5.32 Å². The fourth-order valence-electron chi connectivity index (χ4n) is 2.07. The lowest BCUT2D eigenvalue weighted by Gasteiger charge is -2.08. The number of carbonyl (C=O) groups excluding carboxylic acids is 2. The van der Waals surface area contributed by atoms with Crippen molar-refractivity contribution in [2.45, 2.75) is 26.3 Å². The van der Waals surface area contributed by atoms with Gasteiger partial charge >= 0.3 is 11.8 Å². The molecule has 2 rings (SSSR count). The average molecular weight is 361 g/mol. The summed E-state index contributed by atoms with van der Waals surface area (Å²) in [6.45, 7) is 2.99. The number of ether oxygens (including phenoxy) is 1. The first-order chi connectivity index (χ1) is 12.1. The molecule has 132 valence electrons. The van der Waals surface area contributed by atoms with Crippen LogP contribution in [0.3, 0.4) is 0 Å². The number of hydrogen-bond donors (Lipinski definition) is 2. The number of halogens is 1. The highest BCUT2D eigenvalue weighted by molar-refractivity contribution is 6.39. The monoisotopic (exact) mass is 360 g/mol. The van der Waals surface area contributed by atoms with Crippen LogP contribution in [-0.4, -0.2) is 18.4 Å². The minimum absolute atomic E-state index is 0.233. The predicted octanol–water partition coefficient (Wildman–Crippen LogP) is 3.77. The van der Waals surface area contributed by atoms with Crippen LogP contribution in [0.5, 0.6) is 5.75 Å². The van der Waals surface area contributed by atoms with Crippen LogP contribution >= 0.6 is 11.6 Å². The van der Waals surface area contributed by atoms with Gasteiger partial charge in [0.05, 0.1) is 6.61 Å². The van der Waals surface area contributed by atoms with Gasteiger partial charge in [0.15, 0.2) is 0 Å². The standard InChI is InChI=1S/C19H21ClN2O3/c1-2-3-11-25-17-9-7-16(8-10-17)22-19(24)18(23)21-13-14-5-4-6-15(20)12-14/h4-10,12H,2-3,11,13H2,1H3,(H,21,23)(H,22,24). The zero-order valence-corrected chi connectivity index (χ0v) is 14.8. The summed E-state index contributed by atoms with van der Waals surface area (Å²) in [5.74, 6) is -0.693. The quantitative estimate of drug-likeness (QED) is 0.583. The van der Waals surface area contributed by atoms with Crippen molar-refractivity contribution in [3.8, 4) is 5.75 Å². The summed E-state index contributed by atoms with van der Waals surface area (Å²) >= 11 is 5.88. The normalized spacial score (nSPS) is 10.2. The third kappa shape index (κ3) is 6.47. The molecule has 0 spiro atoms. The molecule has 0 fully saturated rings. The number of carbonyl (C=O) groups is 2. The van der Waals surface area contributed by atoms with Gasteiger partial charge < -0.3 is 15.4 Å². The van der Waals surface area contributed by atoms with Gasteiger partial charge in [0.2, 0.25) is 0 Å². The number of benzene rings is 2. The minimum Gasteiger partial charge on any atom is -0.494 e. The largest absolute Gasteiger partial charge is 0.494 e. The first-order valence-corrected chi connectivity index (χ1v) is 8.52. The van der Waals surface area contributed by atoms with E-state index in [1.807, 2.05) is 6.07 Å². The average Bonchev–Trinajstić information content (AvgIpc) is 2.61. The number of amides is 2. The molecule has 2 aromatic carbocycles. The van der Waals surface area contributed by atoms with E-state index in [-0.39, 0.29) is 6.54 Å². The molecule has 0 heterocycles. The predicted molar refractivity (Wildman–Crippen MR) is 98.8 cm³/mol. The van der Waals surface area contributed by atoms with Gasteiger partial charge in [-0.3, -0.25) is 9.59 Å². The van der Waals surface area contributed by atoms with Gasteiger partial charge in [-0.05, 0) is 48.4 Å². The lowest BCUT2D eigenvalue weighted by molar-refractivity contribution is -0.136. The lowest BCUT2D eigenvalue weighted by Crippen LogP contribution is -2.34. The Hall–Kier alpha value is -2.53. The van der Waals surface area contributed by atoms with Crippen LogP contribution in [0.25, 0.3) is 0 Å². The second kappa shape index (κ2) is 9.69. The van der Waals surface area contributed by atoms with Gasteiger partial charge in [-0.2, -0.15) is 0 Å². The van der Waals surface area contributed by atoms with E-state index >= 15 is 0 Å². The Kier molecular flexibility index (Phi) is 7.29. The Morgan fingerprint density at radius 3 is 2.52 bits per heavy atom. The SMILES string of the molecule is CCCCOc1ccc(NC(=O)C(=O)NCc2cccc(Cl)c2)cc1. The van der Waals surface area contributed by atoms with E-state index in [9.17, 15) is 9.59 Å². The van der Waals surface area contributed by atoms with Crippen LogP contribution in [-0.2, 0) is 16.1 Å². The van der Waals surface area contributed by atoms with Crippen LogP contribution in [0, 0.1) is 0 Å². The van der Waals surface area contributed by atoms with Crippen molar-refractivity contribution in [3.05, 3.63) is 59.1 Å². The van der Waals surface area contributed by atoms with Crippen molar-refractivity contribution in [2.75, 3.05) is 11.9 Å². The van der Waals surface area contributed by atoms with Crippen molar-refractivity contribution < 1.29 is 14.3 Å². The second-order valence-corrected chi connectivity index (χ2v) is 5.93. The summed E-state index contributed by atoms with van der Waals surface area (Å²) in [5.41, 5.74) is 1.35. The Balaban J connectivity index is 1.81. The number of hydrogen-bond acceptors (Lipinski definition) is 3. The van der Waals surface area contributed by atoms with E-state index in [1.165, 1.54) is 0 Å². The Morgan fingerprint density at radius 2 is 1.84 bits per heavy atom. The zero-order valence-electron chi connectivity index (χ0n) is 14.0.